The molecule has 0 aliphatic heterocycles. The number of hydrogen-bond donors (Lipinski definition) is 2. The van der Waals surface area contributed by atoms with Gasteiger partial charge in [0.1, 0.15) is 5.82 Å². The maximum absolute atomic E-state index is 11.7. The van der Waals surface area contributed by atoms with E-state index in [0.717, 1.165) is 18.7 Å². The quantitative estimate of drug-likeness (QED) is 0.769. The summed E-state index contributed by atoms with van der Waals surface area (Å²) in [5, 5.41) is 9.47. The van der Waals surface area contributed by atoms with Gasteiger partial charge < -0.3 is 10.1 Å². The number of aromatic nitrogens is 3. The van der Waals surface area contributed by atoms with Gasteiger partial charge >= 0.3 is 0 Å². The predicted octanol–water partition coefficient (Wildman–Crippen LogP) is 0.837. The van der Waals surface area contributed by atoms with Crippen LogP contribution >= 0.6 is 0 Å². The van der Waals surface area contributed by atoms with Crippen LogP contribution in [0.25, 0.3) is 0 Å². The summed E-state index contributed by atoms with van der Waals surface area (Å²) in [4.78, 5) is 15.9. The second-order valence-corrected chi connectivity index (χ2v) is 4.29. The van der Waals surface area contributed by atoms with Crippen molar-refractivity contribution in [3.63, 3.8) is 0 Å². The smallest absolute Gasteiger partial charge is 0.291 e. The van der Waals surface area contributed by atoms with Crippen molar-refractivity contribution in [1.82, 2.24) is 20.5 Å². The van der Waals surface area contributed by atoms with Gasteiger partial charge in [-0.3, -0.25) is 9.89 Å². The third-order valence-electron chi connectivity index (χ3n) is 2.67. The second kappa shape index (κ2) is 5.27. The van der Waals surface area contributed by atoms with Crippen LogP contribution in [0.5, 0.6) is 0 Å². The van der Waals surface area contributed by atoms with Gasteiger partial charge in [-0.05, 0) is 26.7 Å². The molecule has 1 amide bonds. The molecule has 2 N–H and O–H groups in total. The Labute approximate surface area is 100 Å². The van der Waals surface area contributed by atoms with Crippen LogP contribution in [0, 0.1) is 0 Å². The molecule has 1 aromatic heterocycles. The number of aromatic amines is 1. The maximum Gasteiger partial charge on any atom is 0.291 e. The van der Waals surface area contributed by atoms with Crippen LogP contribution < -0.4 is 5.32 Å². The van der Waals surface area contributed by atoms with Crippen LogP contribution in [-0.2, 0) is 4.74 Å². The van der Waals surface area contributed by atoms with E-state index in [9.17, 15) is 4.79 Å². The number of rotatable bonds is 6. The van der Waals surface area contributed by atoms with E-state index in [0.29, 0.717) is 19.1 Å². The van der Waals surface area contributed by atoms with Crippen molar-refractivity contribution in [2.75, 3.05) is 13.2 Å². The molecular formula is C11H18N4O2. The highest BCUT2D eigenvalue weighted by Crippen LogP contribution is 2.37. The lowest BCUT2D eigenvalue weighted by Crippen LogP contribution is -2.32. The van der Waals surface area contributed by atoms with Gasteiger partial charge in [0, 0.05) is 19.1 Å². The number of hydrogen-bond acceptors (Lipinski definition) is 4. The first-order valence-corrected chi connectivity index (χ1v) is 6.02. The summed E-state index contributed by atoms with van der Waals surface area (Å²) in [6.07, 6.45) is 2.28. The molecule has 1 heterocycles. The van der Waals surface area contributed by atoms with E-state index in [4.69, 9.17) is 4.74 Å². The lowest BCUT2D eigenvalue weighted by molar-refractivity contribution is 0.0691. The van der Waals surface area contributed by atoms with Crippen LogP contribution in [0.1, 0.15) is 49.1 Å². The van der Waals surface area contributed by atoms with Crippen molar-refractivity contribution >= 4 is 5.91 Å². The number of nitrogens with one attached hydrogen (secondary N) is 2. The largest absolute Gasteiger partial charge is 0.377 e. The number of carbonyl (C=O) groups is 1. The Bertz CT molecular complexity index is 387. The summed E-state index contributed by atoms with van der Waals surface area (Å²) in [6, 6.07) is 0. The third kappa shape index (κ3) is 3.26. The average molecular weight is 238 g/mol. The molecule has 17 heavy (non-hydrogen) atoms. The van der Waals surface area contributed by atoms with Gasteiger partial charge in [0.15, 0.2) is 0 Å². The SMILES string of the molecule is CCOC(C)CNC(=O)c1n[nH]c(C2CC2)n1. The Morgan fingerprint density at radius 1 is 1.65 bits per heavy atom. The summed E-state index contributed by atoms with van der Waals surface area (Å²) < 4.78 is 5.32. The monoisotopic (exact) mass is 238 g/mol. The Morgan fingerprint density at radius 3 is 3.06 bits per heavy atom. The average Bonchev–Trinajstić information content (AvgIpc) is 3.05. The maximum atomic E-state index is 11.7. The predicted molar refractivity (Wildman–Crippen MR) is 61.8 cm³/mol. The highest BCUT2D eigenvalue weighted by atomic mass is 16.5. The van der Waals surface area contributed by atoms with Gasteiger partial charge in [0.25, 0.3) is 5.91 Å². The van der Waals surface area contributed by atoms with Crippen LogP contribution in [0.4, 0.5) is 0 Å². The molecule has 1 aliphatic rings. The molecule has 6 heteroatoms. The zero-order chi connectivity index (χ0) is 12.3. The zero-order valence-electron chi connectivity index (χ0n) is 10.2. The van der Waals surface area contributed by atoms with Crippen molar-refractivity contribution in [3.05, 3.63) is 11.6 Å². The van der Waals surface area contributed by atoms with Crippen molar-refractivity contribution in [1.29, 1.82) is 0 Å². The minimum Gasteiger partial charge on any atom is -0.377 e. The van der Waals surface area contributed by atoms with E-state index in [-0.39, 0.29) is 17.8 Å². The highest BCUT2D eigenvalue weighted by Gasteiger charge is 2.28. The molecule has 1 fully saturated rings. The van der Waals surface area contributed by atoms with Gasteiger partial charge in [-0.25, -0.2) is 4.98 Å². The first kappa shape index (κ1) is 12.0. The van der Waals surface area contributed by atoms with Gasteiger partial charge in [-0.2, -0.15) is 0 Å². The summed E-state index contributed by atoms with van der Waals surface area (Å²) in [7, 11) is 0. The highest BCUT2D eigenvalue weighted by molar-refractivity contribution is 5.90. The van der Waals surface area contributed by atoms with Gasteiger partial charge in [-0.15, -0.1) is 5.10 Å². The molecule has 0 bridgehead atoms. The van der Waals surface area contributed by atoms with Crippen LogP contribution in [-0.4, -0.2) is 40.3 Å². The van der Waals surface area contributed by atoms with Gasteiger partial charge in [0.2, 0.25) is 5.82 Å². The summed E-state index contributed by atoms with van der Waals surface area (Å²) in [5.74, 6) is 1.27. The van der Waals surface area contributed by atoms with Crippen molar-refractivity contribution in [2.45, 2.75) is 38.7 Å². The topological polar surface area (TPSA) is 79.9 Å². The van der Waals surface area contributed by atoms with E-state index in [2.05, 4.69) is 20.5 Å². The fourth-order valence-electron chi connectivity index (χ4n) is 1.57. The summed E-state index contributed by atoms with van der Waals surface area (Å²) in [5.41, 5.74) is 0. The Kier molecular flexibility index (Phi) is 3.73. The van der Waals surface area contributed by atoms with E-state index in [1.54, 1.807) is 0 Å². The standard InChI is InChI=1S/C11H18N4O2/c1-3-17-7(2)6-12-11(16)10-13-9(14-15-10)8-4-5-8/h7-8H,3-6H2,1-2H3,(H,12,16)(H,13,14,15). The number of amides is 1. The number of H-pyrrole nitrogens is 1. The Balaban J connectivity index is 1.81. The molecular weight excluding hydrogens is 220 g/mol. The first-order valence-electron chi connectivity index (χ1n) is 6.02. The van der Waals surface area contributed by atoms with Gasteiger partial charge in [0.05, 0.1) is 6.10 Å². The lowest BCUT2D eigenvalue weighted by Gasteiger charge is -2.11. The molecule has 0 radical (unpaired) electrons. The second-order valence-electron chi connectivity index (χ2n) is 4.29. The molecule has 1 aliphatic carbocycles. The van der Waals surface area contributed by atoms with Crippen LogP contribution in [0.3, 0.4) is 0 Å². The molecule has 0 aromatic carbocycles. The molecule has 1 aromatic rings. The zero-order valence-corrected chi connectivity index (χ0v) is 10.2. The molecule has 1 saturated carbocycles. The van der Waals surface area contributed by atoms with Crippen molar-refractivity contribution in [2.24, 2.45) is 0 Å². The van der Waals surface area contributed by atoms with Crippen molar-refractivity contribution < 1.29 is 9.53 Å². The molecule has 94 valence electrons. The van der Waals surface area contributed by atoms with E-state index in [1.807, 2.05) is 13.8 Å². The number of nitrogens with zero attached hydrogens (tertiary/aromatic N) is 2. The molecule has 0 spiro atoms. The normalized spacial score (nSPS) is 16.8. The fraction of sp³-hybridized carbons (Fsp3) is 0.727. The van der Waals surface area contributed by atoms with Gasteiger partial charge in [-0.1, -0.05) is 0 Å². The minimum absolute atomic E-state index is 0.00537. The molecule has 2 rings (SSSR count). The van der Waals surface area contributed by atoms with E-state index < -0.39 is 0 Å². The number of carbonyl (C=O) groups excluding carboxylic acids is 1. The Morgan fingerprint density at radius 2 is 2.41 bits per heavy atom. The van der Waals surface area contributed by atoms with E-state index >= 15 is 0 Å². The Hall–Kier alpha value is -1.43. The molecule has 1 atom stereocenters. The summed E-state index contributed by atoms with van der Waals surface area (Å²) >= 11 is 0. The molecule has 0 saturated heterocycles. The molecule has 1 unspecified atom stereocenters. The van der Waals surface area contributed by atoms with Crippen LogP contribution in [0.2, 0.25) is 0 Å². The van der Waals surface area contributed by atoms with E-state index in [1.165, 1.54) is 0 Å². The first-order chi connectivity index (χ1) is 8.20. The third-order valence-corrected chi connectivity index (χ3v) is 2.67. The fourth-order valence-corrected chi connectivity index (χ4v) is 1.57. The lowest BCUT2D eigenvalue weighted by atomic mass is 10.4. The molecule has 6 nitrogen and oxygen atoms in total. The van der Waals surface area contributed by atoms with Crippen LogP contribution in [0.15, 0.2) is 0 Å². The van der Waals surface area contributed by atoms with Crippen molar-refractivity contribution in [3.8, 4) is 0 Å². The number of ether oxygens (including phenoxy) is 1. The minimum atomic E-state index is -0.250. The summed E-state index contributed by atoms with van der Waals surface area (Å²) in [6.45, 7) is 4.95.